The van der Waals surface area contributed by atoms with Gasteiger partial charge in [0.05, 0.1) is 0 Å². The van der Waals surface area contributed by atoms with Gasteiger partial charge >= 0.3 is 0 Å². The van der Waals surface area contributed by atoms with E-state index >= 15 is 0 Å². The molecule has 3 nitrogen and oxygen atoms in total. The maximum Gasteiger partial charge on any atom is 0.222 e. The lowest BCUT2D eigenvalue weighted by Crippen LogP contribution is -2.40. The van der Waals surface area contributed by atoms with Gasteiger partial charge < -0.3 is 10.2 Å². The number of carbonyl (C=O) groups excluding carboxylic acids is 1. The van der Waals surface area contributed by atoms with E-state index < -0.39 is 0 Å². The first kappa shape index (κ1) is 15.5. The number of hydrogen-bond acceptors (Lipinski definition) is 2. The highest BCUT2D eigenvalue weighted by Gasteiger charge is 2.32. The number of halogens is 1. The van der Waals surface area contributed by atoms with Crippen LogP contribution >= 0.6 is 0 Å². The normalized spacial score (nSPS) is 27.8. The van der Waals surface area contributed by atoms with Crippen LogP contribution in [0, 0.1) is 11.7 Å². The molecular weight excluding hydrogens is 279 g/mol. The van der Waals surface area contributed by atoms with Gasteiger partial charge in [0.15, 0.2) is 0 Å². The molecule has 1 amide bonds. The van der Waals surface area contributed by atoms with Gasteiger partial charge in [-0.1, -0.05) is 26.0 Å². The molecule has 3 atom stereocenters. The summed E-state index contributed by atoms with van der Waals surface area (Å²) in [7, 11) is 0. The number of nitrogens with one attached hydrogen (secondary N) is 1. The van der Waals surface area contributed by atoms with Crippen molar-refractivity contribution < 1.29 is 9.18 Å². The topological polar surface area (TPSA) is 32.3 Å². The molecule has 120 valence electrons. The monoisotopic (exact) mass is 304 g/mol. The molecule has 0 aromatic heterocycles. The Morgan fingerprint density at radius 2 is 2.23 bits per heavy atom. The van der Waals surface area contributed by atoms with E-state index in [1.54, 1.807) is 6.07 Å². The summed E-state index contributed by atoms with van der Waals surface area (Å²) >= 11 is 0. The minimum absolute atomic E-state index is 0.0783. The van der Waals surface area contributed by atoms with Gasteiger partial charge in [-0.2, -0.15) is 0 Å². The fraction of sp³-hybridized carbons (Fsp3) is 0.611. The fourth-order valence-electron chi connectivity index (χ4n) is 3.83. The third-order valence-electron chi connectivity index (χ3n) is 5.17. The van der Waals surface area contributed by atoms with Gasteiger partial charge in [-0.15, -0.1) is 0 Å². The molecule has 1 aromatic carbocycles. The van der Waals surface area contributed by atoms with Crippen LogP contribution in [-0.2, 0) is 11.2 Å². The smallest absolute Gasteiger partial charge is 0.222 e. The van der Waals surface area contributed by atoms with Crippen LogP contribution in [0.4, 0.5) is 4.39 Å². The maximum atomic E-state index is 14.0. The zero-order chi connectivity index (χ0) is 15.7. The Hall–Kier alpha value is -1.42. The van der Waals surface area contributed by atoms with Crippen LogP contribution in [0.3, 0.4) is 0 Å². The van der Waals surface area contributed by atoms with Gasteiger partial charge in [-0.3, -0.25) is 4.79 Å². The zero-order valence-electron chi connectivity index (χ0n) is 13.4. The molecule has 1 fully saturated rings. The van der Waals surface area contributed by atoms with Crippen LogP contribution in [0.25, 0.3) is 0 Å². The van der Waals surface area contributed by atoms with Crippen LogP contribution in [0.1, 0.15) is 50.3 Å². The molecule has 3 rings (SSSR count). The summed E-state index contributed by atoms with van der Waals surface area (Å²) < 4.78 is 14.0. The Balaban J connectivity index is 1.73. The van der Waals surface area contributed by atoms with E-state index in [9.17, 15) is 9.18 Å². The van der Waals surface area contributed by atoms with E-state index in [-0.39, 0.29) is 17.8 Å². The summed E-state index contributed by atoms with van der Waals surface area (Å²) in [4.78, 5) is 13.7. The van der Waals surface area contributed by atoms with E-state index in [1.807, 2.05) is 17.9 Å². The van der Waals surface area contributed by atoms with Crippen molar-refractivity contribution in [3.05, 3.63) is 35.1 Å². The van der Waals surface area contributed by atoms with Crippen molar-refractivity contribution in [2.75, 3.05) is 13.1 Å². The number of carbonyl (C=O) groups is 1. The summed E-state index contributed by atoms with van der Waals surface area (Å²) in [5, 5.41) is 3.70. The molecule has 2 aliphatic rings. The Morgan fingerprint density at radius 3 is 3.00 bits per heavy atom. The molecule has 1 N–H and O–H groups in total. The summed E-state index contributed by atoms with van der Waals surface area (Å²) in [6.45, 7) is 5.75. The molecule has 0 bridgehead atoms. The van der Waals surface area contributed by atoms with Crippen molar-refractivity contribution in [3.63, 3.8) is 0 Å². The van der Waals surface area contributed by atoms with Crippen molar-refractivity contribution in [1.82, 2.24) is 10.2 Å². The molecule has 1 saturated heterocycles. The van der Waals surface area contributed by atoms with E-state index in [4.69, 9.17) is 0 Å². The van der Waals surface area contributed by atoms with Gasteiger partial charge in [-0.05, 0) is 42.4 Å². The minimum atomic E-state index is -0.0783. The summed E-state index contributed by atoms with van der Waals surface area (Å²) in [6.07, 6.45) is 3.39. The predicted octanol–water partition coefficient (Wildman–Crippen LogP) is 3.05. The maximum absolute atomic E-state index is 14.0. The fourth-order valence-corrected chi connectivity index (χ4v) is 3.83. The van der Waals surface area contributed by atoms with Crippen LogP contribution < -0.4 is 5.32 Å². The first-order valence-electron chi connectivity index (χ1n) is 8.41. The first-order chi connectivity index (χ1) is 10.6. The number of fused-ring (bicyclic) bond motifs is 1. The van der Waals surface area contributed by atoms with Crippen LogP contribution in [0.2, 0.25) is 0 Å². The lowest BCUT2D eigenvalue weighted by Gasteiger charge is -2.34. The van der Waals surface area contributed by atoms with Crippen molar-refractivity contribution >= 4 is 5.91 Å². The number of benzene rings is 1. The predicted molar refractivity (Wildman–Crippen MR) is 85.0 cm³/mol. The molecule has 0 spiro atoms. The summed E-state index contributed by atoms with van der Waals surface area (Å²) in [6, 6.07) is 5.93. The SMILES string of the molecule is CCC(=O)N1CC[C@H](N[C@@H]2c3cccc(F)c3CC[C@@H]2C)C1. The first-order valence-corrected chi connectivity index (χ1v) is 8.41. The summed E-state index contributed by atoms with van der Waals surface area (Å²) in [5.74, 6) is 0.642. The highest BCUT2D eigenvalue weighted by atomic mass is 19.1. The Kier molecular flexibility index (Phi) is 4.48. The standard InChI is InChI=1S/C18H25FN2O/c1-3-17(22)21-10-9-13(11-21)20-18-12(2)7-8-14-15(18)5-4-6-16(14)19/h4-6,12-13,18,20H,3,7-11H2,1-2H3/t12-,13-,18-/m0/s1. The van der Waals surface area contributed by atoms with Crippen molar-refractivity contribution in [2.45, 2.75) is 51.6 Å². The third kappa shape index (κ3) is 2.89. The van der Waals surface area contributed by atoms with Crippen LogP contribution in [0.5, 0.6) is 0 Å². The second-order valence-electron chi connectivity index (χ2n) is 6.65. The number of hydrogen-bond donors (Lipinski definition) is 1. The molecule has 0 saturated carbocycles. The average molecular weight is 304 g/mol. The molecule has 4 heteroatoms. The van der Waals surface area contributed by atoms with Gasteiger partial charge in [0.2, 0.25) is 5.91 Å². The zero-order valence-corrected chi connectivity index (χ0v) is 13.4. The molecule has 1 aromatic rings. The van der Waals surface area contributed by atoms with Gasteiger partial charge in [-0.25, -0.2) is 4.39 Å². The molecule has 1 heterocycles. The average Bonchev–Trinajstić information content (AvgIpc) is 2.98. The largest absolute Gasteiger partial charge is 0.341 e. The summed E-state index contributed by atoms with van der Waals surface area (Å²) in [5.41, 5.74) is 1.98. The molecule has 0 unspecified atom stereocenters. The Morgan fingerprint density at radius 1 is 1.41 bits per heavy atom. The second-order valence-corrected chi connectivity index (χ2v) is 6.65. The van der Waals surface area contributed by atoms with Crippen molar-refractivity contribution in [2.24, 2.45) is 5.92 Å². The van der Waals surface area contributed by atoms with E-state index in [0.29, 0.717) is 18.4 Å². The number of likely N-dealkylation sites (tertiary alicyclic amines) is 1. The van der Waals surface area contributed by atoms with Gasteiger partial charge in [0.25, 0.3) is 0 Å². The molecular formula is C18H25FN2O. The lowest BCUT2D eigenvalue weighted by atomic mass is 9.80. The van der Waals surface area contributed by atoms with Gasteiger partial charge in [0, 0.05) is 31.6 Å². The highest BCUT2D eigenvalue weighted by Crippen LogP contribution is 2.36. The van der Waals surface area contributed by atoms with E-state index in [0.717, 1.165) is 43.5 Å². The van der Waals surface area contributed by atoms with Crippen molar-refractivity contribution in [1.29, 1.82) is 0 Å². The second kappa shape index (κ2) is 6.37. The minimum Gasteiger partial charge on any atom is -0.341 e. The molecule has 22 heavy (non-hydrogen) atoms. The number of amides is 1. The van der Waals surface area contributed by atoms with E-state index in [1.165, 1.54) is 0 Å². The quantitative estimate of drug-likeness (QED) is 0.931. The molecule has 1 aliphatic carbocycles. The van der Waals surface area contributed by atoms with Crippen LogP contribution in [0.15, 0.2) is 18.2 Å². The third-order valence-corrected chi connectivity index (χ3v) is 5.17. The lowest BCUT2D eigenvalue weighted by molar-refractivity contribution is -0.129. The number of rotatable bonds is 3. The van der Waals surface area contributed by atoms with Gasteiger partial charge in [0.1, 0.15) is 5.82 Å². The molecule has 1 aliphatic heterocycles. The number of nitrogens with zero attached hydrogens (tertiary/aromatic N) is 1. The Bertz CT molecular complexity index is 560. The highest BCUT2D eigenvalue weighted by molar-refractivity contribution is 5.76. The van der Waals surface area contributed by atoms with E-state index in [2.05, 4.69) is 18.3 Å². The van der Waals surface area contributed by atoms with Crippen molar-refractivity contribution in [3.8, 4) is 0 Å². The Labute approximate surface area is 131 Å². The van der Waals surface area contributed by atoms with Crippen LogP contribution in [-0.4, -0.2) is 29.9 Å². The molecule has 0 radical (unpaired) electrons.